The minimum atomic E-state index is -0.765. The van der Waals surface area contributed by atoms with Crippen molar-refractivity contribution >= 4 is 5.69 Å². The molecule has 0 aliphatic rings. The molecular weight excluding hydrogens is 170 g/mol. The van der Waals surface area contributed by atoms with Gasteiger partial charge in [-0.25, -0.2) is 5.21 Å². The van der Waals surface area contributed by atoms with Crippen LogP contribution >= 0.6 is 0 Å². The lowest BCUT2D eigenvalue weighted by atomic mass is 10.1. The predicted octanol–water partition coefficient (Wildman–Crippen LogP) is 1.85. The molecule has 0 aliphatic heterocycles. The number of aryl methyl sites for hydroxylation is 1. The van der Waals surface area contributed by atoms with Crippen LogP contribution in [0.4, 0.5) is 5.69 Å². The largest absolute Gasteiger partial charge is 0.388 e. The second-order valence-electron chi connectivity index (χ2n) is 3.01. The molecule has 0 heterocycles. The fourth-order valence-electron chi connectivity index (χ4n) is 1.17. The van der Waals surface area contributed by atoms with Crippen molar-refractivity contribution in [3.63, 3.8) is 0 Å². The van der Waals surface area contributed by atoms with Crippen molar-refractivity contribution in [3.05, 3.63) is 34.2 Å². The van der Waals surface area contributed by atoms with Crippen molar-refractivity contribution in [2.45, 2.75) is 20.0 Å². The molecule has 1 unspecified atom stereocenters. The van der Waals surface area contributed by atoms with E-state index < -0.39 is 6.10 Å². The van der Waals surface area contributed by atoms with Crippen LogP contribution in [0.25, 0.3) is 0 Å². The lowest BCUT2D eigenvalue weighted by Crippen LogP contribution is -2.01. The third kappa shape index (κ3) is 2.03. The lowest BCUT2D eigenvalue weighted by molar-refractivity contribution is -0.730. The van der Waals surface area contributed by atoms with E-state index >= 15 is 0 Å². The maximum absolute atomic E-state index is 10.7. The third-order valence-electron chi connectivity index (χ3n) is 1.84. The van der Waals surface area contributed by atoms with Crippen molar-refractivity contribution in [2.75, 3.05) is 0 Å². The summed E-state index contributed by atoms with van der Waals surface area (Å²) >= 11 is 0. The molecule has 1 aromatic rings. The van der Waals surface area contributed by atoms with E-state index in [0.29, 0.717) is 5.56 Å². The fourth-order valence-corrected chi connectivity index (χ4v) is 1.17. The molecule has 0 aliphatic carbocycles. The van der Waals surface area contributed by atoms with Crippen LogP contribution in [0, 0.1) is 11.8 Å². The molecule has 0 fully saturated rings. The first-order valence-electron chi connectivity index (χ1n) is 3.97. The average Bonchev–Trinajstić information content (AvgIpc) is 2.03. The van der Waals surface area contributed by atoms with Gasteiger partial charge in [-0.1, -0.05) is 6.07 Å². The van der Waals surface area contributed by atoms with Gasteiger partial charge >= 0.3 is 5.69 Å². The summed E-state index contributed by atoms with van der Waals surface area (Å²) in [7, 11) is 0. The molecule has 1 aromatic carbocycles. The Balaban J connectivity index is 3.27. The molecular formula is C9H12NO3+. The minimum absolute atomic E-state index is 0.0926. The Hall–Kier alpha value is -1.42. The first kappa shape index (κ1) is 9.67. The zero-order chi connectivity index (χ0) is 10.0. The second kappa shape index (κ2) is 3.53. The van der Waals surface area contributed by atoms with Crippen molar-refractivity contribution in [1.82, 2.24) is 0 Å². The number of nitrogens with zero attached hydrogens (tertiary/aromatic N) is 1. The first-order chi connectivity index (χ1) is 6.02. The van der Waals surface area contributed by atoms with Gasteiger partial charge in [-0.2, -0.15) is 0 Å². The zero-order valence-electron chi connectivity index (χ0n) is 7.56. The summed E-state index contributed by atoms with van der Waals surface area (Å²) in [5.41, 5.74) is 1.37. The average molecular weight is 182 g/mol. The minimum Gasteiger partial charge on any atom is -0.388 e. The molecule has 1 rings (SSSR count). The number of benzene rings is 1. The summed E-state index contributed by atoms with van der Waals surface area (Å²) in [4.78, 5) is 10.5. The molecule has 0 saturated heterocycles. The predicted molar refractivity (Wildman–Crippen MR) is 46.9 cm³/mol. The number of rotatable bonds is 2. The Kier molecular flexibility index (Phi) is 2.63. The highest BCUT2D eigenvalue weighted by Gasteiger charge is 2.21. The molecule has 0 amide bonds. The van der Waals surface area contributed by atoms with Crippen LogP contribution in [-0.4, -0.2) is 15.2 Å². The Labute approximate surface area is 76.0 Å². The Morgan fingerprint density at radius 1 is 1.46 bits per heavy atom. The van der Waals surface area contributed by atoms with Crippen LogP contribution in [0.5, 0.6) is 0 Å². The Bertz CT molecular complexity index is 334. The maximum atomic E-state index is 10.7. The van der Waals surface area contributed by atoms with E-state index in [0.717, 1.165) is 5.56 Å². The quantitative estimate of drug-likeness (QED) is 0.686. The van der Waals surface area contributed by atoms with E-state index in [1.165, 1.54) is 13.0 Å². The summed E-state index contributed by atoms with van der Waals surface area (Å²) in [6, 6.07) is 4.92. The van der Waals surface area contributed by atoms with Crippen LogP contribution in [-0.2, 0) is 0 Å². The van der Waals surface area contributed by atoms with E-state index in [9.17, 15) is 10.0 Å². The van der Waals surface area contributed by atoms with Gasteiger partial charge in [0.25, 0.3) is 4.92 Å². The normalized spacial score (nSPS) is 12.5. The van der Waals surface area contributed by atoms with Gasteiger partial charge in [0, 0.05) is 6.07 Å². The highest BCUT2D eigenvalue weighted by atomic mass is 16.6. The lowest BCUT2D eigenvalue weighted by Gasteiger charge is -2.03. The van der Waals surface area contributed by atoms with Gasteiger partial charge in [-0.05, 0) is 25.5 Å². The fraction of sp³-hybridized carbons (Fsp3) is 0.333. The summed E-state index contributed by atoms with van der Waals surface area (Å²) in [5, 5.41) is 18.0. The third-order valence-corrected chi connectivity index (χ3v) is 1.84. The van der Waals surface area contributed by atoms with Crippen LogP contribution in [0.3, 0.4) is 0 Å². The number of hydrogen-bond acceptors (Lipinski definition) is 2. The molecule has 0 bridgehead atoms. The summed E-state index contributed by atoms with van der Waals surface area (Å²) < 4.78 is 0. The van der Waals surface area contributed by atoms with Crippen LogP contribution in [0.2, 0.25) is 0 Å². The van der Waals surface area contributed by atoms with Crippen molar-refractivity contribution < 1.29 is 15.2 Å². The Morgan fingerprint density at radius 2 is 2.08 bits per heavy atom. The van der Waals surface area contributed by atoms with Crippen molar-refractivity contribution in [3.8, 4) is 0 Å². The van der Waals surface area contributed by atoms with Gasteiger partial charge in [0.15, 0.2) is 0 Å². The molecule has 1 atom stereocenters. The molecule has 0 saturated carbocycles. The van der Waals surface area contributed by atoms with Crippen LogP contribution in [0.1, 0.15) is 24.2 Å². The summed E-state index contributed by atoms with van der Waals surface area (Å²) in [6.07, 6.45) is -0.765. The van der Waals surface area contributed by atoms with E-state index in [4.69, 9.17) is 5.21 Å². The molecule has 2 N–H and O–H groups in total. The molecule has 0 aromatic heterocycles. The van der Waals surface area contributed by atoms with Crippen LogP contribution < -0.4 is 0 Å². The standard InChI is InChI=1S/C9H12NO3/c1-6-3-4-8(7(2)11)9(5-6)10(12)13/h3-5,7,11H,1-2H3,(H,12,13)/q+1. The number of hydrogen-bond donors (Lipinski definition) is 2. The van der Waals surface area contributed by atoms with E-state index in [2.05, 4.69) is 0 Å². The van der Waals surface area contributed by atoms with Gasteiger partial charge in [0.05, 0.1) is 16.6 Å². The van der Waals surface area contributed by atoms with Crippen molar-refractivity contribution in [2.24, 2.45) is 0 Å². The van der Waals surface area contributed by atoms with Gasteiger partial charge < -0.3 is 5.11 Å². The zero-order valence-corrected chi connectivity index (χ0v) is 7.56. The second-order valence-corrected chi connectivity index (χ2v) is 3.01. The monoisotopic (exact) mass is 182 g/mol. The highest BCUT2D eigenvalue weighted by Crippen LogP contribution is 2.25. The van der Waals surface area contributed by atoms with Gasteiger partial charge in [-0.15, -0.1) is 0 Å². The SMILES string of the molecule is Cc1ccc(C(C)O)c([N+](=O)O)c1. The molecule has 4 heteroatoms. The van der Waals surface area contributed by atoms with Crippen molar-refractivity contribution in [1.29, 1.82) is 0 Å². The molecule has 4 nitrogen and oxygen atoms in total. The number of aliphatic hydroxyl groups is 1. The first-order valence-corrected chi connectivity index (χ1v) is 3.97. The molecule has 0 radical (unpaired) electrons. The topological polar surface area (TPSA) is 60.5 Å². The molecule has 0 spiro atoms. The van der Waals surface area contributed by atoms with Gasteiger partial charge in [-0.3, -0.25) is 0 Å². The maximum Gasteiger partial charge on any atom is 0.322 e. The Morgan fingerprint density at radius 3 is 2.54 bits per heavy atom. The van der Waals surface area contributed by atoms with Crippen LogP contribution in [0.15, 0.2) is 18.2 Å². The highest BCUT2D eigenvalue weighted by molar-refractivity contribution is 5.43. The van der Waals surface area contributed by atoms with E-state index in [-0.39, 0.29) is 10.6 Å². The van der Waals surface area contributed by atoms with Gasteiger partial charge in [0.1, 0.15) is 0 Å². The van der Waals surface area contributed by atoms with E-state index in [1.54, 1.807) is 19.1 Å². The molecule has 70 valence electrons. The molecule has 13 heavy (non-hydrogen) atoms. The number of aliphatic hydroxyl groups excluding tert-OH is 1. The summed E-state index contributed by atoms with van der Waals surface area (Å²) in [5.74, 6) is 0. The van der Waals surface area contributed by atoms with Gasteiger partial charge in [0.2, 0.25) is 0 Å². The summed E-state index contributed by atoms with van der Waals surface area (Å²) in [6.45, 7) is 3.34. The smallest absolute Gasteiger partial charge is 0.322 e. The van der Waals surface area contributed by atoms with E-state index in [1.807, 2.05) is 0 Å².